The van der Waals surface area contributed by atoms with Crippen molar-refractivity contribution < 1.29 is 23.8 Å². The lowest BCUT2D eigenvalue weighted by Gasteiger charge is -2.18. The molecule has 1 unspecified atom stereocenters. The molecule has 1 heterocycles. The van der Waals surface area contributed by atoms with Crippen LogP contribution in [-0.4, -0.2) is 36.7 Å². The molecule has 1 amide bonds. The molecular weight excluding hydrogens is 380 g/mol. The van der Waals surface area contributed by atoms with Gasteiger partial charge in [0.1, 0.15) is 0 Å². The molecule has 1 aromatic heterocycles. The zero-order valence-corrected chi connectivity index (χ0v) is 16.8. The minimum absolute atomic E-state index is 0.130. The number of hydrogen-bond acceptors (Lipinski definition) is 7. The summed E-state index contributed by atoms with van der Waals surface area (Å²) in [6.45, 7) is 4.46. The number of para-hydroxylation sites is 2. The number of aryl methyl sites for hydroxylation is 1. The molecule has 1 atom stereocenters. The number of nitrogens with one attached hydrogen (secondary N) is 1. The van der Waals surface area contributed by atoms with Crippen molar-refractivity contribution in [2.45, 2.75) is 33.1 Å². The number of carbonyl (C=O) groups excluding carboxylic acids is 2. The number of esters is 1. The predicted molar refractivity (Wildman–Crippen MR) is 106 cm³/mol. The maximum atomic E-state index is 12.2. The second-order valence-electron chi connectivity index (χ2n) is 6.30. The van der Waals surface area contributed by atoms with E-state index in [0.717, 1.165) is 17.0 Å². The number of benzene rings is 1. The normalized spacial score (nSPS) is 15.4. The van der Waals surface area contributed by atoms with Crippen LogP contribution in [-0.2, 0) is 27.2 Å². The van der Waals surface area contributed by atoms with E-state index in [-0.39, 0.29) is 24.4 Å². The number of carbonyl (C=O) groups is 2. The number of ether oxygens (including phenoxy) is 3. The van der Waals surface area contributed by atoms with Crippen LogP contribution in [0.4, 0.5) is 5.13 Å². The van der Waals surface area contributed by atoms with Crippen LogP contribution in [0.5, 0.6) is 11.5 Å². The summed E-state index contributed by atoms with van der Waals surface area (Å²) in [5.41, 5.74) is 0.948. The Balaban J connectivity index is 1.55. The Morgan fingerprint density at radius 2 is 1.93 bits per heavy atom. The molecule has 2 aromatic rings. The molecule has 0 radical (unpaired) electrons. The molecule has 0 saturated carbocycles. The Hall–Kier alpha value is -2.61. The van der Waals surface area contributed by atoms with Gasteiger partial charge in [0.2, 0.25) is 0 Å². The highest BCUT2D eigenvalue weighted by molar-refractivity contribution is 7.15. The number of rotatable bonds is 8. The number of amides is 1. The first-order chi connectivity index (χ1) is 13.6. The van der Waals surface area contributed by atoms with E-state index >= 15 is 0 Å². The second-order valence-corrected chi connectivity index (χ2v) is 7.38. The van der Waals surface area contributed by atoms with E-state index in [9.17, 15) is 9.59 Å². The number of hydrogen-bond donors (Lipinski definition) is 1. The van der Waals surface area contributed by atoms with Gasteiger partial charge in [0.05, 0.1) is 24.8 Å². The van der Waals surface area contributed by atoms with Gasteiger partial charge in [0, 0.05) is 4.88 Å². The van der Waals surface area contributed by atoms with Crippen LogP contribution >= 0.6 is 11.3 Å². The molecule has 28 heavy (non-hydrogen) atoms. The van der Waals surface area contributed by atoms with Crippen molar-refractivity contribution in [2.75, 3.05) is 25.1 Å². The summed E-state index contributed by atoms with van der Waals surface area (Å²) in [4.78, 5) is 29.7. The van der Waals surface area contributed by atoms with Crippen molar-refractivity contribution in [1.29, 1.82) is 0 Å². The Labute approximate surface area is 168 Å². The first kappa shape index (κ1) is 20.1. The Morgan fingerprint density at radius 1 is 1.18 bits per heavy atom. The summed E-state index contributed by atoms with van der Waals surface area (Å²) in [6, 6.07) is 7.23. The van der Waals surface area contributed by atoms with Gasteiger partial charge in [0.15, 0.2) is 23.2 Å². The fraction of sp³-hybridized carbons (Fsp3) is 0.450. The zero-order chi connectivity index (χ0) is 19.9. The summed E-state index contributed by atoms with van der Waals surface area (Å²) >= 11 is 1.40. The first-order valence-electron chi connectivity index (χ1n) is 9.40. The van der Waals surface area contributed by atoms with Crippen LogP contribution in [0.25, 0.3) is 0 Å². The van der Waals surface area contributed by atoms with E-state index < -0.39 is 0 Å². The fourth-order valence-electron chi connectivity index (χ4n) is 3.03. The zero-order valence-electron chi connectivity index (χ0n) is 16.0. The van der Waals surface area contributed by atoms with E-state index in [4.69, 9.17) is 14.2 Å². The summed E-state index contributed by atoms with van der Waals surface area (Å²) in [7, 11) is 0. The van der Waals surface area contributed by atoms with E-state index in [1.165, 1.54) is 11.3 Å². The molecule has 1 aliphatic carbocycles. The smallest absolute Gasteiger partial charge is 0.309 e. The molecule has 3 rings (SSSR count). The van der Waals surface area contributed by atoms with E-state index in [0.29, 0.717) is 42.7 Å². The third kappa shape index (κ3) is 5.01. The van der Waals surface area contributed by atoms with Gasteiger partial charge in [-0.25, -0.2) is 4.98 Å². The van der Waals surface area contributed by atoms with E-state index in [2.05, 4.69) is 10.3 Å². The lowest BCUT2D eigenvalue weighted by molar-refractivity contribution is -0.148. The summed E-state index contributed by atoms with van der Waals surface area (Å²) in [5, 5.41) is 3.31. The molecule has 150 valence electrons. The lowest BCUT2D eigenvalue weighted by Crippen LogP contribution is -2.24. The van der Waals surface area contributed by atoms with Crippen molar-refractivity contribution >= 4 is 28.3 Å². The first-order valence-corrected chi connectivity index (χ1v) is 10.2. The molecule has 0 bridgehead atoms. The van der Waals surface area contributed by atoms with Gasteiger partial charge < -0.3 is 14.2 Å². The molecule has 1 aromatic carbocycles. The number of thiazole rings is 1. The molecule has 0 aliphatic heterocycles. The molecular formula is C20H24N2O5S. The van der Waals surface area contributed by atoms with Gasteiger partial charge >= 0.3 is 5.97 Å². The van der Waals surface area contributed by atoms with Crippen molar-refractivity contribution in [3.63, 3.8) is 0 Å². The quantitative estimate of drug-likeness (QED) is 0.680. The third-order valence-corrected chi connectivity index (χ3v) is 5.35. The summed E-state index contributed by atoms with van der Waals surface area (Å²) < 4.78 is 16.2. The van der Waals surface area contributed by atoms with E-state index in [1.807, 2.05) is 19.1 Å². The summed E-state index contributed by atoms with van der Waals surface area (Å²) in [5.74, 6) is 0.547. The van der Waals surface area contributed by atoms with Crippen molar-refractivity contribution in [3.8, 4) is 11.5 Å². The predicted octanol–water partition coefficient (Wildman–Crippen LogP) is 3.23. The highest BCUT2D eigenvalue weighted by Gasteiger charge is 2.28. The van der Waals surface area contributed by atoms with Gasteiger partial charge in [-0.05, 0) is 45.2 Å². The molecule has 0 spiro atoms. The standard InChI is InChI=1S/C20H24N2O5S/c1-3-25-15-7-5-6-8-16(15)27-12-18(23)22-20-21-14-10-9-13(11-17(14)28-20)19(24)26-4-2/h5-8,13H,3-4,9-12H2,1-2H3,(H,21,22,23). The van der Waals surface area contributed by atoms with Crippen molar-refractivity contribution in [3.05, 3.63) is 34.8 Å². The molecule has 1 N–H and O–H groups in total. The number of nitrogens with zero attached hydrogens (tertiary/aromatic N) is 1. The average Bonchev–Trinajstić information content (AvgIpc) is 3.09. The van der Waals surface area contributed by atoms with Crippen LogP contribution in [0.3, 0.4) is 0 Å². The maximum absolute atomic E-state index is 12.2. The van der Waals surface area contributed by atoms with Gasteiger partial charge in [-0.3, -0.25) is 14.9 Å². The van der Waals surface area contributed by atoms with Crippen LogP contribution in [0.1, 0.15) is 30.8 Å². The third-order valence-electron chi connectivity index (χ3n) is 4.31. The Kier molecular flexibility index (Phi) is 6.86. The largest absolute Gasteiger partial charge is 0.490 e. The Bertz CT molecular complexity index is 836. The minimum atomic E-state index is -0.292. The van der Waals surface area contributed by atoms with Gasteiger partial charge in [0.25, 0.3) is 5.91 Å². The van der Waals surface area contributed by atoms with E-state index in [1.54, 1.807) is 19.1 Å². The second kappa shape index (κ2) is 9.54. The monoisotopic (exact) mass is 404 g/mol. The van der Waals surface area contributed by atoms with Gasteiger partial charge in [-0.15, -0.1) is 11.3 Å². The molecule has 8 heteroatoms. The van der Waals surface area contributed by atoms with Crippen LogP contribution in [0, 0.1) is 5.92 Å². The van der Waals surface area contributed by atoms with Gasteiger partial charge in [-0.2, -0.15) is 0 Å². The molecule has 7 nitrogen and oxygen atoms in total. The SMILES string of the molecule is CCOC(=O)C1CCc2nc(NC(=O)COc3ccccc3OCC)sc2C1. The molecule has 1 aliphatic rings. The van der Waals surface area contributed by atoms with Crippen molar-refractivity contribution in [1.82, 2.24) is 4.98 Å². The van der Waals surface area contributed by atoms with Crippen LogP contribution < -0.4 is 14.8 Å². The minimum Gasteiger partial charge on any atom is -0.490 e. The lowest BCUT2D eigenvalue weighted by atomic mass is 9.91. The van der Waals surface area contributed by atoms with Crippen LogP contribution in [0.15, 0.2) is 24.3 Å². The topological polar surface area (TPSA) is 86.8 Å². The molecule has 0 fully saturated rings. The highest BCUT2D eigenvalue weighted by Crippen LogP contribution is 2.33. The number of fused-ring (bicyclic) bond motifs is 1. The number of anilines is 1. The summed E-state index contributed by atoms with van der Waals surface area (Å²) in [6.07, 6.45) is 2.05. The van der Waals surface area contributed by atoms with Gasteiger partial charge in [-0.1, -0.05) is 12.1 Å². The molecule has 0 saturated heterocycles. The number of aromatic nitrogens is 1. The van der Waals surface area contributed by atoms with Crippen molar-refractivity contribution in [2.24, 2.45) is 5.92 Å². The van der Waals surface area contributed by atoms with Crippen LogP contribution in [0.2, 0.25) is 0 Å². The fourth-order valence-corrected chi connectivity index (χ4v) is 4.14. The average molecular weight is 404 g/mol. The highest BCUT2D eigenvalue weighted by atomic mass is 32.1. The Morgan fingerprint density at radius 3 is 2.64 bits per heavy atom. The maximum Gasteiger partial charge on any atom is 0.309 e.